The minimum Gasteiger partial charge on any atom is -0.465 e. The van der Waals surface area contributed by atoms with Crippen molar-refractivity contribution in [2.45, 2.75) is 32.5 Å². The highest BCUT2D eigenvalue weighted by molar-refractivity contribution is 7.99. The van der Waals surface area contributed by atoms with Gasteiger partial charge in [-0.05, 0) is 25.0 Å². The summed E-state index contributed by atoms with van der Waals surface area (Å²) in [6.07, 6.45) is 3.46. The van der Waals surface area contributed by atoms with Crippen LogP contribution in [0.15, 0.2) is 29.7 Å². The number of carbonyl (C=O) groups excluding carboxylic acids is 1. The van der Waals surface area contributed by atoms with Crippen LogP contribution < -0.4 is 0 Å². The Labute approximate surface area is 134 Å². The van der Waals surface area contributed by atoms with Crippen LogP contribution >= 0.6 is 11.8 Å². The van der Waals surface area contributed by atoms with Gasteiger partial charge in [0.2, 0.25) is 0 Å². The number of esters is 1. The second-order valence-electron chi connectivity index (χ2n) is 5.14. The van der Waals surface area contributed by atoms with Crippen LogP contribution in [0.1, 0.15) is 20.8 Å². The van der Waals surface area contributed by atoms with Gasteiger partial charge in [-0.2, -0.15) is 0 Å². The van der Waals surface area contributed by atoms with Crippen molar-refractivity contribution in [3.63, 3.8) is 0 Å². The molecule has 0 aliphatic rings. The number of hydrogen-bond donors (Lipinski definition) is 0. The minimum absolute atomic E-state index is 0.237. The average Bonchev–Trinajstić information content (AvgIpc) is 2.88. The van der Waals surface area contributed by atoms with Crippen molar-refractivity contribution >= 4 is 17.7 Å². The number of ether oxygens (including phenoxy) is 1. The SMILES string of the molecule is CCOC(=O)CSc1nnc(-c2ccncc2)n1CC(C)C. The van der Waals surface area contributed by atoms with Gasteiger partial charge < -0.3 is 9.30 Å². The van der Waals surface area contributed by atoms with Gasteiger partial charge in [0.15, 0.2) is 11.0 Å². The number of hydrogen-bond acceptors (Lipinski definition) is 6. The lowest BCUT2D eigenvalue weighted by Crippen LogP contribution is -2.10. The number of carbonyl (C=O) groups is 1. The Hall–Kier alpha value is -1.89. The Morgan fingerprint density at radius 3 is 2.68 bits per heavy atom. The van der Waals surface area contributed by atoms with Crippen molar-refractivity contribution < 1.29 is 9.53 Å². The average molecular weight is 320 g/mol. The first kappa shape index (κ1) is 16.5. The Balaban J connectivity index is 2.23. The fraction of sp³-hybridized carbons (Fsp3) is 0.467. The molecule has 0 amide bonds. The molecule has 7 heteroatoms. The summed E-state index contributed by atoms with van der Waals surface area (Å²) in [6.45, 7) is 7.24. The first-order valence-corrected chi connectivity index (χ1v) is 8.22. The third-order valence-electron chi connectivity index (χ3n) is 2.83. The molecule has 2 aromatic rings. The number of thioether (sulfide) groups is 1. The first-order valence-electron chi connectivity index (χ1n) is 7.23. The summed E-state index contributed by atoms with van der Waals surface area (Å²) in [5.41, 5.74) is 0.964. The van der Waals surface area contributed by atoms with E-state index in [0.717, 1.165) is 23.1 Å². The zero-order chi connectivity index (χ0) is 15.9. The van der Waals surface area contributed by atoms with Crippen LogP contribution in [0.3, 0.4) is 0 Å². The minimum atomic E-state index is -0.239. The molecule has 0 radical (unpaired) electrons. The van der Waals surface area contributed by atoms with Gasteiger partial charge in [0.25, 0.3) is 0 Å². The Morgan fingerprint density at radius 1 is 1.32 bits per heavy atom. The highest BCUT2D eigenvalue weighted by Gasteiger charge is 2.16. The van der Waals surface area contributed by atoms with Crippen LogP contribution in [0.25, 0.3) is 11.4 Å². The van der Waals surface area contributed by atoms with Gasteiger partial charge in [0, 0.05) is 24.5 Å². The highest BCUT2D eigenvalue weighted by atomic mass is 32.2. The fourth-order valence-electron chi connectivity index (χ4n) is 1.97. The lowest BCUT2D eigenvalue weighted by molar-refractivity contribution is -0.139. The van der Waals surface area contributed by atoms with Crippen molar-refractivity contribution in [3.05, 3.63) is 24.5 Å². The molecule has 0 aliphatic carbocycles. The second-order valence-corrected chi connectivity index (χ2v) is 6.08. The maximum Gasteiger partial charge on any atom is 0.316 e. The van der Waals surface area contributed by atoms with Crippen molar-refractivity contribution in [2.24, 2.45) is 5.92 Å². The Kier molecular flexibility index (Phi) is 5.94. The first-order chi connectivity index (χ1) is 10.6. The summed E-state index contributed by atoms with van der Waals surface area (Å²) in [6, 6.07) is 3.81. The molecule has 2 aromatic heterocycles. The van der Waals surface area contributed by atoms with Gasteiger partial charge in [0.05, 0.1) is 12.4 Å². The van der Waals surface area contributed by atoms with Gasteiger partial charge in [-0.3, -0.25) is 9.78 Å². The summed E-state index contributed by atoms with van der Waals surface area (Å²) in [4.78, 5) is 15.5. The highest BCUT2D eigenvalue weighted by Crippen LogP contribution is 2.24. The van der Waals surface area contributed by atoms with E-state index in [4.69, 9.17) is 4.74 Å². The summed E-state index contributed by atoms with van der Waals surface area (Å²) in [7, 11) is 0. The van der Waals surface area contributed by atoms with E-state index in [0.29, 0.717) is 12.5 Å². The van der Waals surface area contributed by atoms with Gasteiger partial charge in [-0.15, -0.1) is 10.2 Å². The van der Waals surface area contributed by atoms with Crippen LogP contribution in [0, 0.1) is 5.92 Å². The standard InChI is InChI=1S/C15H20N4O2S/c1-4-21-13(20)10-22-15-18-17-14(19(15)9-11(2)3)12-5-7-16-8-6-12/h5-8,11H,4,9-10H2,1-3H3. The van der Waals surface area contributed by atoms with Gasteiger partial charge in [0.1, 0.15) is 0 Å². The van der Waals surface area contributed by atoms with Crippen molar-refractivity contribution in [3.8, 4) is 11.4 Å². The normalized spacial score (nSPS) is 10.9. The molecule has 2 heterocycles. The van der Waals surface area contributed by atoms with E-state index in [1.165, 1.54) is 11.8 Å². The zero-order valence-electron chi connectivity index (χ0n) is 13.0. The molecular formula is C15H20N4O2S. The maximum absolute atomic E-state index is 11.5. The molecule has 22 heavy (non-hydrogen) atoms. The van der Waals surface area contributed by atoms with E-state index >= 15 is 0 Å². The zero-order valence-corrected chi connectivity index (χ0v) is 13.8. The summed E-state index contributed by atoms with van der Waals surface area (Å²) in [5, 5.41) is 9.23. The van der Waals surface area contributed by atoms with E-state index in [2.05, 4.69) is 29.0 Å². The lowest BCUT2D eigenvalue weighted by atomic mass is 10.2. The maximum atomic E-state index is 11.5. The van der Waals surface area contributed by atoms with E-state index in [1.807, 2.05) is 16.7 Å². The quantitative estimate of drug-likeness (QED) is 0.577. The summed E-state index contributed by atoms with van der Waals surface area (Å²) < 4.78 is 7.00. The topological polar surface area (TPSA) is 69.9 Å². The van der Waals surface area contributed by atoms with Crippen LogP contribution in [-0.2, 0) is 16.1 Å². The summed E-state index contributed by atoms with van der Waals surface area (Å²) >= 11 is 1.35. The van der Waals surface area contributed by atoms with Crippen LogP contribution in [0.5, 0.6) is 0 Å². The second kappa shape index (κ2) is 7.93. The van der Waals surface area contributed by atoms with Crippen molar-refractivity contribution in [2.75, 3.05) is 12.4 Å². The summed E-state index contributed by atoms with van der Waals surface area (Å²) in [5.74, 6) is 1.23. The Bertz CT molecular complexity index is 613. The van der Waals surface area contributed by atoms with Crippen LogP contribution in [0.4, 0.5) is 0 Å². The van der Waals surface area contributed by atoms with Crippen LogP contribution in [-0.4, -0.2) is 38.1 Å². The predicted octanol–water partition coefficient (Wildman–Crippen LogP) is 2.65. The molecule has 118 valence electrons. The number of rotatable bonds is 7. The number of nitrogens with zero attached hydrogens (tertiary/aromatic N) is 4. The molecule has 0 atom stereocenters. The molecule has 6 nitrogen and oxygen atoms in total. The van der Waals surface area contributed by atoms with Gasteiger partial charge in [-0.1, -0.05) is 25.6 Å². The van der Waals surface area contributed by atoms with E-state index in [9.17, 15) is 4.79 Å². The number of pyridine rings is 1. The van der Waals surface area contributed by atoms with Crippen molar-refractivity contribution in [1.29, 1.82) is 0 Å². The predicted molar refractivity (Wildman–Crippen MR) is 85.4 cm³/mol. The molecule has 0 saturated heterocycles. The lowest BCUT2D eigenvalue weighted by Gasteiger charge is -2.12. The fourth-order valence-corrected chi connectivity index (χ4v) is 2.71. The number of aromatic nitrogens is 4. The van der Waals surface area contributed by atoms with Crippen molar-refractivity contribution in [1.82, 2.24) is 19.7 Å². The third kappa shape index (κ3) is 4.30. The molecule has 0 bridgehead atoms. The molecular weight excluding hydrogens is 300 g/mol. The molecule has 2 rings (SSSR count). The third-order valence-corrected chi connectivity index (χ3v) is 3.77. The van der Waals surface area contributed by atoms with Gasteiger partial charge in [-0.25, -0.2) is 0 Å². The smallest absolute Gasteiger partial charge is 0.316 e. The molecule has 0 aromatic carbocycles. The largest absolute Gasteiger partial charge is 0.465 e. The molecule has 0 unspecified atom stereocenters. The Morgan fingerprint density at radius 2 is 2.05 bits per heavy atom. The molecule has 0 aliphatic heterocycles. The molecule has 0 fully saturated rings. The monoisotopic (exact) mass is 320 g/mol. The van der Waals surface area contributed by atoms with E-state index in [-0.39, 0.29) is 11.7 Å². The molecule has 0 N–H and O–H groups in total. The van der Waals surface area contributed by atoms with E-state index in [1.54, 1.807) is 19.3 Å². The van der Waals surface area contributed by atoms with E-state index < -0.39 is 0 Å². The van der Waals surface area contributed by atoms with Gasteiger partial charge >= 0.3 is 5.97 Å². The van der Waals surface area contributed by atoms with Crippen LogP contribution in [0.2, 0.25) is 0 Å². The molecule has 0 spiro atoms. The molecule has 0 saturated carbocycles.